The van der Waals surface area contributed by atoms with Crippen molar-refractivity contribution in [1.82, 2.24) is 29.8 Å². The van der Waals surface area contributed by atoms with Gasteiger partial charge in [0.2, 0.25) is 5.89 Å². The maximum atomic E-state index is 14.3. The Morgan fingerprint density at radius 2 is 1.67 bits per heavy atom. The highest BCUT2D eigenvalue weighted by Gasteiger charge is 2.19. The lowest BCUT2D eigenvalue weighted by molar-refractivity contribution is 0.379. The van der Waals surface area contributed by atoms with Gasteiger partial charge in [-0.3, -0.25) is 18.9 Å². The molecule has 6 aromatic rings. The summed E-state index contributed by atoms with van der Waals surface area (Å²) in [5.41, 5.74) is 4.54. The van der Waals surface area contributed by atoms with Gasteiger partial charge in [0.1, 0.15) is 11.6 Å². The molecule has 0 bridgehead atoms. The zero-order valence-corrected chi connectivity index (χ0v) is 25.3. The molecule has 0 radical (unpaired) electrons. The van der Waals surface area contributed by atoms with Crippen molar-refractivity contribution >= 4 is 11.6 Å². The van der Waals surface area contributed by atoms with Crippen LogP contribution in [0.4, 0.5) is 4.39 Å². The molecule has 0 spiro atoms. The number of hydrogen-bond donors (Lipinski definition) is 1. The molecule has 0 fully saturated rings. The van der Waals surface area contributed by atoms with Gasteiger partial charge in [0.15, 0.2) is 11.6 Å². The second kappa shape index (κ2) is 12.8. The maximum Gasteiger partial charge on any atom is 0.439 e. The van der Waals surface area contributed by atoms with Crippen molar-refractivity contribution < 1.29 is 13.4 Å². The third kappa shape index (κ3) is 6.39. The minimum absolute atomic E-state index is 0.0584. The molecule has 0 aliphatic rings. The quantitative estimate of drug-likeness (QED) is 0.198. The number of benzene rings is 3. The van der Waals surface area contributed by atoms with E-state index >= 15 is 0 Å². The number of H-pyrrole nitrogens is 1. The maximum absolute atomic E-state index is 14.3. The molecule has 0 aliphatic heterocycles. The van der Waals surface area contributed by atoms with Crippen LogP contribution in [0.3, 0.4) is 0 Å². The minimum atomic E-state index is -0.624. The van der Waals surface area contributed by atoms with Crippen LogP contribution >= 0.6 is 11.6 Å². The highest BCUT2D eigenvalue weighted by Crippen LogP contribution is 2.30. The highest BCUT2D eigenvalue weighted by molar-refractivity contribution is 6.31. The molecule has 3 aromatic carbocycles. The van der Waals surface area contributed by atoms with Crippen LogP contribution in [0.2, 0.25) is 5.02 Å². The molecule has 10 nitrogen and oxygen atoms in total. The lowest BCUT2D eigenvalue weighted by Crippen LogP contribution is -2.30. The van der Waals surface area contributed by atoms with Gasteiger partial charge in [0.05, 0.1) is 13.0 Å². The molecule has 0 saturated carbocycles. The third-order valence-corrected chi connectivity index (χ3v) is 7.84. The van der Waals surface area contributed by atoms with Crippen LogP contribution in [0.5, 0.6) is 0 Å². The van der Waals surface area contributed by atoms with Crippen molar-refractivity contribution in [2.45, 2.75) is 46.1 Å². The smallest absolute Gasteiger partial charge is 0.339 e. The predicted molar refractivity (Wildman–Crippen MR) is 166 cm³/mol. The summed E-state index contributed by atoms with van der Waals surface area (Å²) in [6.07, 6.45) is 1.59. The van der Waals surface area contributed by atoms with E-state index < -0.39 is 11.6 Å². The van der Waals surface area contributed by atoms with Gasteiger partial charge >= 0.3 is 5.76 Å². The van der Waals surface area contributed by atoms with Crippen LogP contribution in [-0.4, -0.2) is 29.8 Å². The Kier molecular flexibility index (Phi) is 8.52. The molecule has 228 valence electrons. The summed E-state index contributed by atoms with van der Waals surface area (Å²) in [6, 6.07) is 19.8. The Morgan fingerprint density at radius 1 is 0.889 bits per heavy atom. The molecule has 0 atom stereocenters. The summed E-state index contributed by atoms with van der Waals surface area (Å²) < 4.78 is 26.1. The fourth-order valence-electron chi connectivity index (χ4n) is 5.24. The van der Waals surface area contributed by atoms with Gasteiger partial charge in [-0.1, -0.05) is 83.4 Å². The van der Waals surface area contributed by atoms with Crippen molar-refractivity contribution in [3.8, 4) is 22.5 Å². The second-order valence-corrected chi connectivity index (χ2v) is 11.0. The van der Waals surface area contributed by atoms with Crippen molar-refractivity contribution in [2.24, 2.45) is 0 Å². The fraction of sp³-hybridized carbons (Fsp3) is 0.212. The molecule has 0 unspecified atom stereocenters. The van der Waals surface area contributed by atoms with Gasteiger partial charge in [0, 0.05) is 40.2 Å². The second-order valence-electron chi connectivity index (χ2n) is 10.6. The Morgan fingerprint density at radius 3 is 2.38 bits per heavy atom. The first kappa shape index (κ1) is 29.9. The molecule has 45 heavy (non-hydrogen) atoms. The summed E-state index contributed by atoms with van der Waals surface area (Å²) >= 11 is 6.16. The molecular formula is C33H28ClFN6O4. The van der Waals surface area contributed by atoms with Crippen LogP contribution < -0.4 is 11.3 Å². The number of hydrogen-bond acceptors (Lipinski definition) is 8. The van der Waals surface area contributed by atoms with Crippen LogP contribution in [-0.2, 0) is 25.8 Å². The Hall–Kier alpha value is -5.16. The normalized spacial score (nSPS) is 11.3. The third-order valence-electron chi connectivity index (χ3n) is 7.48. The SMILES string of the molecule is CCCc1nc(C)c(Cc2nc(Cc3c(F)cccc3Cl)no2)c(=O)n1Cc1ccc(-c2ccccc2-c2noc(=O)[nH]2)cc1. The molecule has 0 saturated heterocycles. The van der Waals surface area contributed by atoms with E-state index in [9.17, 15) is 14.0 Å². The summed E-state index contributed by atoms with van der Waals surface area (Å²) in [6.45, 7) is 4.15. The summed E-state index contributed by atoms with van der Waals surface area (Å²) in [5, 5.41) is 8.09. The van der Waals surface area contributed by atoms with Crippen molar-refractivity contribution in [2.75, 3.05) is 0 Å². The molecule has 0 aliphatic carbocycles. The molecule has 6 rings (SSSR count). The zero-order valence-electron chi connectivity index (χ0n) is 24.5. The zero-order chi connectivity index (χ0) is 31.5. The van der Waals surface area contributed by atoms with E-state index in [0.29, 0.717) is 35.9 Å². The van der Waals surface area contributed by atoms with Crippen LogP contribution in [0.1, 0.15) is 53.3 Å². The van der Waals surface area contributed by atoms with Gasteiger partial charge in [-0.05, 0) is 42.2 Å². The summed E-state index contributed by atoms with van der Waals surface area (Å²) in [7, 11) is 0. The number of nitrogens with zero attached hydrogens (tertiary/aromatic N) is 5. The highest BCUT2D eigenvalue weighted by atomic mass is 35.5. The minimum Gasteiger partial charge on any atom is -0.339 e. The van der Waals surface area contributed by atoms with Gasteiger partial charge < -0.3 is 4.52 Å². The number of aromatic amines is 1. The molecule has 0 amide bonds. The van der Waals surface area contributed by atoms with E-state index in [-0.39, 0.29) is 40.7 Å². The van der Waals surface area contributed by atoms with Crippen molar-refractivity contribution in [1.29, 1.82) is 0 Å². The van der Waals surface area contributed by atoms with Crippen LogP contribution in [0.25, 0.3) is 22.5 Å². The monoisotopic (exact) mass is 626 g/mol. The predicted octanol–water partition coefficient (Wildman–Crippen LogP) is 5.92. The Labute approximate surface area is 261 Å². The number of aryl methyl sites for hydroxylation is 2. The lowest BCUT2D eigenvalue weighted by Gasteiger charge is -2.16. The average Bonchev–Trinajstić information content (AvgIpc) is 3.68. The van der Waals surface area contributed by atoms with Gasteiger partial charge in [-0.25, -0.2) is 14.2 Å². The summed E-state index contributed by atoms with van der Waals surface area (Å²) in [5.74, 6) is 0.452. The topological polar surface area (TPSA) is 133 Å². The molecule has 1 N–H and O–H groups in total. The Balaban J connectivity index is 1.27. The van der Waals surface area contributed by atoms with Gasteiger partial charge in [-0.2, -0.15) is 4.98 Å². The van der Waals surface area contributed by atoms with E-state index in [1.54, 1.807) is 17.6 Å². The van der Waals surface area contributed by atoms with E-state index in [1.165, 1.54) is 12.1 Å². The fourth-order valence-corrected chi connectivity index (χ4v) is 5.47. The first-order chi connectivity index (χ1) is 21.8. The van der Waals surface area contributed by atoms with E-state index in [1.807, 2.05) is 55.5 Å². The lowest BCUT2D eigenvalue weighted by atomic mass is 9.98. The molecule has 12 heteroatoms. The average molecular weight is 627 g/mol. The van der Waals surface area contributed by atoms with E-state index in [2.05, 4.69) is 20.3 Å². The Bertz CT molecular complexity index is 2080. The molecule has 3 heterocycles. The number of nitrogens with one attached hydrogen (secondary N) is 1. The van der Waals surface area contributed by atoms with Gasteiger partial charge in [-0.15, -0.1) is 0 Å². The van der Waals surface area contributed by atoms with E-state index in [4.69, 9.17) is 25.6 Å². The molecular weight excluding hydrogens is 599 g/mol. The van der Waals surface area contributed by atoms with Crippen molar-refractivity contribution in [3.63, 3.8) is 0 Å². The van der Waals surface area contributed by atoms with Gasteiger partial charge in [0.25, 0.3) is 5.56 Å². The number of halogens is 2. The van der Waals surface area contributed by atoms with Crippen LogP contribution in [0.15, 0.2) is 85.4 Å². The molecule has 3 aromatic heterocycles. The number of aromatic nitrogens is 6. The van der Waals surface area contributed by atoms with Crippen molar-refractivity contribution in [3.05, 3.63) is 138 Å². The first-order valence-electron chi connectivity index (χ1n) is 14.4. The first-order valence-corrected chi connectivity index (χ1v) is 14.8. The largest absolute Gasteiger partial charge is 0.439 e. The van der Waals surface area contributed by atoms with E-state index in [0.717, 1.165) is 28.7 Å². The summed E-state index contributed by atoms with van der Waals surface area (Å²) in [4.78, 5) is 37.2. The van der Waals surface area contributed by atoms with Crippen LogP contribution in [0, 0.1) is 12.7 Å². The number of rotatable bonds is 10. The standard InChI is InChI=1S/C33H28ClFN6O4/c1-3-7-29-36-19(2)24(17-30-37-28(39-44-30)16-25-26(34)10-6-11-27(25)35)32(42)41(29)18-20-12-14-21(15-13-20)22-8-4-5-9-23(22)31-38-33(43)45-40-31/h4-6,8-15H,3,7,16-18H2,1-2H3,(H,38,40,43).